The lowest BCUT2D eigenvalue weighted by Crippen LogP contribution is -2.08. The van der Waals surface area contributed by atoms with Crippen molar-refractivity contribution in [1.82, 2.24) is 14.8 Å². The zero-order chi connectivity index (χ0) is 14.1. The normalized spacial score (nSPS) is 12.5. The first kappa shape index (κ1) is 13.7. The van der Waals surface area contributed by atoms with Crippen LogP contribution in [0.15, 0.2) is 46.3 Å². The molecule has 0 spiro atoms. The quantitative estimate of drug-likeness (QED) is 0.659. The van der Waals surface area contributed by atoms with E-state index < -0.39 is 0 Å². The number of rotatable bonds is 3. The average Bonchev–Trinajstić information content (AvgIpc) is 3.07. The van der Waals surface area contributed by atoms with Crippen molar-refractivity contribution in [2.24, 2.45) is 0 Å². The van der Waals surface area contributed by atoms with Crippen LogP contribution in [0.25, 0.3) is 10.7 Å². The van der Waals surface area contributed by atoms with Gasteiger partial charge < -0.3 is 0 Å². The van der Waals surface area contributed by atoms with E-state index in [0.717, 1.165) is 15.2 Å². The number of hydrogen-bond acceptors (Lipinski definition) is 3. The molecule has 102 valence electrons. The van der Waals surface area contributed by atoms with Gasteiger partial charge in [-0.25, -0.2) is 0 Å². The fourth-order valence-corrected chi connectivity index (χ4v) is 3.40. The maximum atomic E-state index is 5.39. The molecule has 0 amide bonds. The van der Waals surface area contributed by atoms with Crippen molar-refractivity contribution in [2.75, 3.05) is 0 Å². The Morgan fingerprint density at radius 1 is 1.30 bits per heavy atom. The Morgan fingerprint density at radius 2 is 2.05 bits per heavy atom. The van der Waals surface area contributed by atoms with Crippen LogP contribution in [0.4, 0.5) is 0 Å². The van der Waals surface area contributed by atoms with Crippen LogP contribution in [0, 0.1) is 4.77 Å². The molecule has 0 bridgehead atoms. The highest BCUT2D eigenvalue weighted by atomic mass is 79.9. The van der Waals surface area contributed by atoms with Crippen LogP contribution >= 0.6 is 39.5 Å². The highest BCUT2D eigenvalue weighted by Gasteiger charge is 2.16. The van der Waals surface area contributed by atoms with Crippen molar-refractivity contribution < 1.29 is 0 Å². The maximum Gasteiger partial charge on any atom is 0.196 e. The fourth-order valence-electron chi connectivity index (χ4n) is 2.13. The van der Waals surface area contributed by atoms with Crippen LogP contribution in [-0.2, 0) is 0 Å². The Morgan fingerprint density at radius 3 is 2.70 bits per heavy atom. The minimum Gasteiger partial charge on any atom is -0.292 e. The van der Waals surface area contributed by atoms with Crippen molar-refractivity contribution in [1.29, 1.82) is 0 Å². The number of aromatic nitrogens is 3. The average molecular weight is 366 g/mol. The van der Waals surface area contributed by atoms with Crippen molar-refractivity contribution in [3.05, 3.63) is 56.6 Å². The summed E-state index contributed by atoms with van der Waals surface area (Å²) in [6.07, 6.45) is 0. The van der Waals surface area contributed by atoms with E-state index in [2.05, 4.69) is 55.8 Å². The van der Waals surface area contributed by atoms with Crippen molar-refractivity contribution >= 4 is 39.5 Å². The van der Waals surface area contributed by atoms with Gasteiger partial charge in [0, 0.05) is 4.47 Å². The Balaban J connectivity index is 2.08. The number of H-pyrrole nitrogens is 1. The minimum atomic E-state index is 0.131. The van der Waals surface area contributed by atoms with Crippen LogP contribution in [0.1, 0.15) is 18.5 Å². The summed E-state index contributed by atoms with van der Waals surface area (Å²) < 4.78 is 3.77. The summed E-state index contributed by atoms with van der Waals surface area (Å²) in [5.74, 6) is 0.889. The molecular formula is C14H12BrN3S2. The van der Waals surface area contributed by atoms with Crippen molar-refractivity contribution in [3.8, 4) is 10.7 Å². The zero-order valence-corrected chi connectivity index (χ0v) is 13.9. The molecule has 2 aromatic heterocycles. The minimum absolute atomic E-state index is 0.131. The lowest BCUT2D eigenvalue weighted by atomic mass is 10.1. The molecular weight excluding hydrogens is 354 g/mol. The number of aromatic amines is 1. The van der Waals surface area contributed by atoms with Gasteiger partial charge >= 0.3 is 0 Å². The molecule has 1 N–H and O–H groups in total. The summed E-state index contributed by atoms with van der Waals surface area (Å²) in [5, 5.41) is 9.31. The topological polar surface area (TPSA) is 33.6 Å². The Bertz CT molecular complexity index is 757. The van der Waals surface area contributed by atoms with Crippen LogP contribution < -0.4 is 0 Å². The molecule has 0 aliphatic carbocycles. The van der Waals surface area contributed by atoms with Crippen LogP contribution in [0.3, 0.4) is 0 Å². The molecule has 0 saturated carbocycles. The SMILES string of the molecule is CC(c1ccc(Br)cc1)n1c(-c2cccs2)n[nH]c1=S. The second-order valence-corrected chi connectivity index (χ2v) is 6.68. The first-order chi connectivity index (χ1) is 9.66. The van der Waals surface area contributed by atoms with Gasteiger partial charge in [-0.1, -0.05) is 34.1 Å². The second-order valence-electron chi connectivity index (χ2n) is 4.43. The van der Waals surface area contributed by atoms with E-state index >= 15 is 0 Å². The van der Waals surface area contributed by atoms with Gasteiger partial charge in [-0.15, -0.1) is 11.3 Å². The second kappa shape index (κ2) is 5.63. The molecule has 1 unspecified atom stereocenters. The smallest absolute Gasteiger partial charge is 0.196 e. The molecule has 0 fully saturated rings. The molecule has 3 rings (SSSR count). The summed E-state index contributed by atoms with van der Waals surface area (Å²) in [6.45, 7) is 2.13. The molecule has 20 heavy (non-hydrogen) atoms. The van der Waals surface area contributed by atoms with Gasteiger partial charge in [-0.05, 0) is 48.3 Å². The van der Waals surface area contributed by atoms with E-state index in [-0.39, 0.29) is 6.04 Å². The summed E-state index contributed by atoms with van der Waals surface area (Å²) in [4.78, 5) is 1.11. The lowest BCUT2D eigenvalue weighted by molar-refractivity contribution is 0.636. The van der Waals surface area contributed by atoms with Gasteiger partial charge in [-0.2, -0.15) is 5.10 Å². The number of hydrogen-bond donors (Lipinski definition) is 1. The Labute approximate surface area is 134 Å². The monoisotopic (exact) mass is 365 g/mol. The Kier molecular flexibility index (Phi) is 3.87. The number of thiophene rings is 1. The maximum absolute atomic E-state index is 5.39. The Hall–Kier alpha value is -1.24. The van der Waals surface area contributed by atoms with E-state index in [1.165, 1.54) is 5.56 Å². The molecule has 3 nitrogen and oxygen atoms in total. The molecule has 0 saturated heterocycles. The molecule has 1 aromatic carbocycles. The summed E-state index contributed by atoms with van der Waals surface area (Å²) >= 11 is 10.5. The standard InChI is InChI=1S/C14H12BrN3S2/c1-9(10-4-6-11(15)7-5-10)18-13(16-17-14(18)19)12-3-2-8-20-12/h2-9H,1H3,(H,17,19). The molecule has 3 aromatic rings. The van der Waals surface area contributed by atoms with E-state index in [0.29, 0.717) is 4.77 Å². The third kappa shape index (κ3) is 2.51. The third-order valence-corrected chi connectivity index (χ3v) is 4.87. The van der Waals surface area contributed by atoms with Crippen LogP contribution in [0.2, 0.25) is 0 Å². The van der Waals surface area contributed by atoms with Gasteiger partial charge in [0.1, 0.15) is 0 Å². The summed E-state index contributed by atoms with van der Waals surface area (Å²) in [7, 11) is 0. The first-order valence-electron chi connectivity index (χ1n) is 6.13. The predicted octanol–water partition coefficient (Wildman–Crippen LogP) is 5.04. The number of nitrogens with one attached hydrogen (secondary N) is 1. The summed E-state index contributed by atoms with van der Waals surface area (Å²) in [5.41, 5.74) is 1.20. The number of nitrogens with zero attached hydrogens (tertiary/aromatic N) is 2. The molecule has 6 heteroatoms. The molecule has 0 aliphatic rings. The van der Waals surface area contributed by atoms with Crippen molar-refractivity contribution in [3.63, 3.8) is 0 Å². The van der Waals surface area contributed by atoms with Gasteiger partial charge in [0.25, 0.3) is 0 Å². The summed E-state index contributed by atoms with van der Waals surface area (Å²) in [6, 6.07) is 12.5. The van der Waals surface area contributed by atoms with Gasteiger partial charge in [0.2, 0.25) is 0 Å². The highest BCUT2D eigenvalue weighted by molar-refractivity contribution is 9.10. The van der Waals surface area contributed by atoms with E-state index in [9.17, 15) is 0 Å². The number of halogens is 1. The van der Waals surface area contributed by atoms with Gasteiger partial charge in [0.15, 0.2) is 10.6 Å². The van der Waals surface area contributed by atoms with E-state index in [4.69, 9.17) is 12.2 Å². The van der Waals surface area contributed by atoms with Crippen LogP contribution in [0.5, 0.6) is 0 Å². The van der Waals surface area contributed by atoms with E-state index in [1.54, 1.807) is 11.3 Å². The molecule has 0 radical (unpaired) electrons. The molecule has 0 aliphatic heterocycles. The molecule has 2 heterocycles. The first-order valence-corrected chi connectivity index (χ1v) is 8.21. The highest BCUT2D eigenvalue weighted by Crippen LogP contribution is 2.28. The fraction of sp³-hybridized carbons (Fsp3) is 0.143. The third-order valence-electron chi connectivity index (χ3n) is 3.19. The number of benzene rings is 1. The largest absolute Gasteiger partial charge is 0.292 e. The van der Waals surface area contributed by atoms with Crippen molar-refractivity contribution in [2.45, 2.75) is 13.0 Å². The lowest BCUT2D eigenvalue weighted by Gasteiger charge is -2.15. The predicted molar refractivity (Wildman–Crippen MR) is 88.7 cm³/mol. The van der Waals surface area contributed by atoms with Gasteiger partial charge in [0.05, 0.1) is 10.9 Å². The zero-order valence-electron chi connectivity index (χ0n) is 10.7. The van der Waals surface area contributed by atoms with Gasteiger partial charge in [-0.3, -0.25) is 9.67 Å². The molecule has 1 atom stereocenters. The van der Waals surface area contributed by atoms with Crippen LogP contribution in [-0.4, -0.2) is 14.8 Å². The van der Waals surface area contributed by atoms with E-state index in [1.807, 2.05) is 23.6 Å².